The fraction of sp³-hybridized carbons (Fsp3) is 0.333. The summed E-state index contributed by atoms with van der Waals surface area (Å²) in [6, 6.07) is 14.2. The first-order valence-corrected chi connectivity index (χ1v) is 10.7. The molecule has 2 aliphatic rings. The van der Waals surface area contributed by atoms with E-state index in [2.05, 4.69) is 13.8 Å². The Labute approximate surface area is 181 Å². The molecule has 0 N–H and O–H groups in total. The average Bonchev–Trinajstić information content (AvgIpc) is 3.34. The molecule has 5 nitrogen and oxygen atoms in total. The zero-order valence-electron chi connectivity index (χ0n) is 17.2. The van der Waals surface area contributed by atoms with Gasteiger partial charge in [0, 0.05) is 18.1 Å². The zero-order chi connectivity index (χ0) is 21.3. The van der Waals surface area contributed by atoms with E-state index in [0.717, 1.165) is 37.2 Å². The largest absolute Gasteiger partial charge is 0.493 e. The van der Waals surface area contributed by atoms with E-state index in [0.29, 0.717) is 34.5 Å². The molecule has 0 bridgehead atoms. The minimum atomic E-state index is -0.305. The lowest BCUT2D eigenvalue weighted by molar-refractivity contribution is -0.120. The van der Waals surface area contributed by atoms with Gasteiger partial charge in [-0.2, -0.15) is 0 Å². The molecule has 0 atom stereocenters. The van der Waals surface area contributed by atoms with Crippen LogP contribution in [0.25, 0.3) is 5.57 Å². The van der Waals surface area contributed by atoms with Crippen molar-refractivity contribution in [1.29, 1.82) is 0 Å². The molecule has 0 aromatic heterocycles. The first-order valence-electron chi connectivity index (χ1n) is 10.3. The van der Waals surface area contributed by atoms with Crippen molar-refractivity contribution < 1.29 is 14.3 Å². The number of carbonyl (C=O) groups is 2. The van der Waals surface area contributed by atoms with Crippen molar-refractivity contribution in [3.8, 4) is 5.75 Å². The number of rotatable bonds is 6. The lowest BCUT2D eigenvalue weighted by Crippen LogP contribution is -2.34. The van der Waals surface area contributed by atoms with Gasteiger partial charge in [0.15, 0.2) is 0 Å². The van der Waals surface area contributed by atoms with Gasteiger partial charge in [-0.25, -0.2) is 4.90 Å². The number of carbonyl (C=O) groups excluding carboxylic acids is 2. The number of halogens is 1. The fourth-order valence-electron chi connectivity index (χ4n) is 3.82. The van der Waals surface area contributed by atoms with Gasteiger partial charge in [-0.05, 0) is 60.7 Å². The summed E-state index contributed by atoms with van der Waals surface area (Å²) in [4.78, 5) is 30.1. The van der Waals surface area contributed by atoms with Gasteiger partial charge in [0.2, 0.25) is 0 Å². The molecule has 0 unspecified atom stereocenters. The van der Waals surface area contributed by atoms with Crippen LogP contribution >= 0.6 is 11.6 Å². The Morgan fingerprint density at radius 3 is 2.17 bits per heavy atom. The maximum absolute atomic E-state index is 13.4. The second-order valence-corrected chi connectivity index (χ2v) is 8.51. The number of nitrogens with zero attached hydrogens (tertiary/aromatic N) is 2. The van der Waals surface area contributed by atoms with Gasteiger partial charge >= 0.3 is 0 Å². The van der Waals surface area contributed by atoms with E-state index < -0.39 is 0 Å². The maximum Gasteiger partial charge on any atom is 0.282 e. The summed E-state index contributed by atoms with van der Waals surface area (Å²) in [6.07, 6.45) is 2.03. The molecule has 1 saturated heterocycles. The predicted molar refractivity (Wildman–Crippen MR) is 118 cm³/mol. The van der Waals surface area contributed by atoms with E-state index in [-0.39, 0.29) is 11.8 Å². The number of benzene rings is 2. The third-order valence-electron chi connectivity index (χ3n) is 5.29. The van der Waals surface area contributed by atoms with E-state index in [4.69, 9.17) is 16.3 Å². The number of anilines is 1. The van der Waals surface area contributed by atoms with Crippen LogP contribution in [0, 0.1) is 5.92 Å². The SMILES string of the molecule is CC(C)COc1ccc(C2=C(N3CCCC3)C(=O)N(c3ccc(Cl)cc3)C2=O)cc1. The molecule has 2 aliphatic heterocycles. The molecule has 4 rings (SSSR count). The van der Waals surface area contributed by atoms with Gasteiger partial charge < -0.3 is 9.64 Å². The van der Waals surface area contributed by atoms with E-state index in [9.17, 15) is 9.59 Å². The summed E-state index contributed by atoms with van der Waals surface area (Å²) in [7, 11) is 0. The Bertz CT molecular complexity index is 975. The van der Waals surface area contributed by atoms with E-state index in [1.165, 1.54) is 4.90 Å². The van der Waals surface area contributed by atoms with Crippen molar-refractivity contribution in [3.05, 3.63) is 64.8 Å². The summed E-state index contributed by atoms with van der Waals surface area (Å²) in [5, 5.41) is 0.558. The highest BCUT2D eigenvalue weighted by atomic mass is 35.5. The number of hydrogen-bond donors (Lipinski definition) is 0. The molecular weight excluding hydrogens is 400 g/mol. The Morgan fingerprint density at radius 2 is 1.57 bits per heavy atom. The lowest BCUT2D eigenvalue weighted by atomic mass is 10.0. The molecule has 2 aromatic rings. The third kappa shape index (κ3) is 3.94. The van der Waals surface area contributed by atoms with Crippen molar-refractivity contribution >= 4 is 34.7 Å². The summed E-state index contributed by atoms with van der Waals surface area (Å²) >= 11 is 5.99. The number of hydrogen-bond acceptors (Lipinski definition) is 4. The Hall–Kier alpha value is -2.79. The van der Waals surface area contributed by atoms with E-state index in [1.54, 1.807) is 24.3 Å². The van der Waals surface area contributed by atoms with Crippen molar-refractivity contribution in [2.75, 3.05) is 24.6 Å². The highest BCUT2D eigenvalue weighted by molar-refractivity contribution is 6.45. The van der Waals surface area contributed by atoms with Crippen LogP contribution in [-0.4, -0.2) is 36.4 Å². The Morgan fingerprint density at radius 1 is 0.933 bits per heavy atom. The smallest absolute Gasteiger partial charge is 0.282 e. The van der Waals surface area contributed by atoms with Crippen LogP contribution in [0.5, 0.6) is 5.75 Å². The second kappa shape index (κ2) is 8.52. The first-order chi connectivity index (χ1) is 14.5. The fourth-order valence-corrected chi connectivity index (χ4v) is 3.94. The average molecular weight is 425 g/mol. The number of imide groups is 1. The standard InChI is InChI=1S/C24H25ClN2O3/c1-16(2)15-30-20-11-5-17(6-12-20)21-22(26-13-3-4-14-26)24(29)27(23(21)28)19-9-7-18(25)8-10-19/h5-12,16H,3-4,13-15H2,1-2H3. The molecule has 0 radical (unpaired) electrons. The monoisotopic (exact) mass is 424 g/mol. The molecule has 2 aromatic carbocycles. The van der Waals surface area contributed by atoms with Crippen LogP contribution in [0.2, 0.25) is 5.02 Å². The molecule has 0 aliphatic carbocycles. The molecule has 2 heterocycles. The molecular formula is C24H25ClN2O3. The van der Waals surface area contributed by atoms with Crippen molar-refractivity contribution in [2.45, 2.75) is 26.7 Å². The summed E-state index contributed by atoms with van der Waals surface area (Å²) < 4.78 is 5.76. The quantitative estimate of drug-likeness (QED) is 0.627. The van der Waals surface area contributed by atoms with E-state index in [1.807, 2.05) is 29.2 Å². The van der Waals surface area contributed by atoms with Crippen LogP contribution in [0.1, 0.15) is 32.3 Å². The predicted octanol–water partition coefficient (Wildman–Crippen LogP) is 4.76. The van der Waals surface area contributed by atoms with Crippen molar-refractivity contribution in [2.24, 2.45) is 5.92 Å². The van der Waals surface area contributed by atoms with Gasteiger partial charge in [-0.3, -0.25) is 9.59 Å². The van der Waals surface area contributed by atoms with E-state index >= 15 is 0 Å². The van der Waals surface area contributed by atoms with Gasteiger partial charge in [-0.1, -0.05) is 37.6 Å². The zero-order valence-corrected chi connectivity index (χ0v) is 18.0. The van der Waals surface area contributed by atoms with Crippen LogP contribution in [0.15, 0.2) is 54.2 Å². The molecule has 1 fully saturated rings. The Balaban J connectivity index is 1.71. The molecule has 6 heteroatoms. The third-order valence-corrected chi connectivity index (χ3v) is 5.54. The molecule has 156 valence electrons. The van der Waals surface area contributed by atoms with Crippen LogP contribution < -0.4 is 9.64 Å². The van der Waals surface area contributed by atoms with Crippen molar-refractivity contribution in [1.82, 2.24) is 4.90 Å². The van der Waals surface area contributed by atoms with Crippen LogP contribution in [-0.2, 0) is 9.59 Å². The molecule has 2 amide bonds. The first kappa shape index (κ1) is 20.5. The van der Waals surface area contributed by atoms with Gasteiger partial charge in [0.05, 0.1) is 17.9 Å². The lowest BCUT2D eigenvalue weighted by Gasteiger charge is -2.20. The van der Waals surface area contributed by atoms with Gasteiger partial charge in [0.1, 0.15) is 11.4 Å². The molecule has 0 spiro atoms. The van der Waals surface area contributed by atoms with Crippen LogP contribution in [0.4, 0.5) is 5.69 Å². The number of likely N-dealkylation sites (tertiary alicyclic amines) is 1. The van der Waals surface area contributed by atoms with Gasteiger partial charge in [-0.15, -0.1) is 0 Å². The Kier molecular flexibility index (Phi) is 5.82. The second-order valence-electron chi connectivity index (χ2n) is 8.07. The maximum atomic E-state index is 13.4. The summed E-state index contributed by atoms with van der Waals surface area (Å²) in [5.74, 6) is 0.595. The molecule has 0 saturated carbocycles. The number of ether oxygens (including phenoxy) is 1. The van der Waals surface area contributed by atoms with Gasteiger partial charge in [0.25, 0.3) is 11.8 Å². The summed E-state index contributed by atoms with van der Waals surface area (Å²) in [5.41, 5.74) is 2.19. The minimum Gasteiger partial charge on any atom is -0.493 e. The minimum absolute atomic E-state index is 0.278. The topological polar surface area (TPSA) is 49.9 Å². The van der Waals surface area contributed by atoms with Crippen LogP contribution in [0.3, 0.4) is 0 Å². The molecule has 30 heavy (non-hydrogen) atoms. The number of amides is 2. The highest BCUT2D eigenvalue weighted by Gasteiger charge is 2.42. The summed E-state index contributed by atoms with van der Waals surface area (Å²) in [6.45, 7) is 6.37. The highest BCUT2D eigenvalue weighted by Crippen LogP contribution is 2.36. The normalized spacial score (nSPS) is 16.9. The van der Waals surface area contributed by atoms with Crippen molar-refractivity contribution in [3.63, 3.8) is 0 Å².